The molecule has 4 N–H and O–H groups in total. The molecule has 10 heteroatoms. The lowest BCUT2D eigenvalue weighted by Crippen LogP contribution is -2.27. The van der Waals surface area contributed by atoms with Crippen molar-refractivity contribution >= 4 is 23.8 Å². The Morgan fingerprint density at radius 2 is 1.20 bits per heavy atom. The number of aromatic nitrogens is 3. The maximum absolute atomic E-state index is 12.0. The number of hydrogen-bond acceptors (Lipinski definition) is 9. The fourth-order valence-corrected chi connectivity index (χ4v) is 3.98. The van der Waals surface area contributed by atoms with Gasteiger partial charge in [0.25, 0.3) is 5.91 Å². The summed E-state index contributed by atoms with van der Waals surface area (Å²) >= 11 is 0. The zero-order valence-corrected chi connectivity index (χ0v) is 24.2. The third kappa shape index (κ3) is 13.9. The van der Waals surface area contributed by atoms with Gasteiger partial charge in [0.2, 0.25) is 17.8 Å². The normalized spacial score (nSPS) is 10.8. The van der Waals surface area contributed by atoms with Crippen LogP contribution in [0.3, 0.4) is 0 Å². The van der Waals surface area contributed by atoms with Gasteiger partial charge in [-0.15, -0.1) is 0 Å². The summed E-state index contributed by atoms with van der Waals surface area (Å²) in [4.78, 5) is 25.6. The van der Waals surface area contributed by atoms with E-state index in [1.54, 1.807) is 12.1 Å². The summed E-state index contributed by atoms with van der Waals surface area (Å²) in [6, 6.07) is 19.3. The highest BCUT2D eigenvalue weighted by Crippen LogP contribution is 2.12. The first-order valence-electron chi connectivity index (χ1n) is 14.7. The minimum Gasteiger partial charge on any atom is -0.377 e. The molecule has 0 bridgehead atoms. The summed E-state index contributed by atoms with van der Waals surface area (Å²) in [5.41, 5.74) is 1.79. The number of rotatable bonds is 22. The minimum absolute atomic E-state index is 0.103. The number of amides is 1. The topological polar surface area (TPSA) is 122 Å². The van der Waals surface area contributed by atoms with Gasteiger partial charge >= 0.3 is 0 Å². The van der Waals surface area contributed by atoms with Gasteiger partial charge in [-0.25, -0.2) is 0 Å². The molecule has 1 amide bonds. The molecular weight excluding hydrogens is 518 g/mol. The van der Waals surface area contributed by atoms with Gasteiger partial charge in [-0.1, -0.05) is 87.6 Å². The zero-order chi connectivity index (χ0) is 28.8. The van der Waals surface area contributed by atoms with Gasteiger partial charge in [-0.3, -0.25) is 4.79 Å². The van der Waals surface area contributed by atoms with Crippen LogP contribution in [0, 0.1) is 0 Å². The molecule has 0 saturated carbocycles. The van der Waals surface area contributed by atoms with Crippen molar-refractivity contribution in [1.29, 1.82) is 0 Å². The van der Waals surface area contributed by atoms with Gasteiger partial charge in [0.05, 0.1) is 26.4 Å². The second-order valence-electron chi connectivity index (χ2n) is 9.61. The maximum atomic E-state index is 12.0. The van der Waals surface area contributed by atoms with Gasteiger partial charge in [0.15, 0.2) is 0 Å². The van der Waals surface area contributed by atoms with Crippen molar-refractivity contribution in [3.8, 4) is 0 Å². The molecule has 10 nitrogen and oxygen atoms in total. The van der Waals surface area contributed by atoms with Crippen molar-refractivity contribution in [2.45, 2.75) is 52.0 Å². The molecule has 0 spiro atoms. The highest BCUT2D eigenvalue weighted by atomic mass is 16.5. The van der Waals surface area contributed by atoms with Crippen molar-refractivity contribution in [3.05, 3.63) is 71.8 Å². The molecule has 222 valence electrons. The number of nitrogens with zero attached hydrogens (tertiary/aromatic N) is 3. The molecule has 0 atom stereocenters. The molecule has 0 aliphatic heterocycles. The molecule has 3 aromatic rings. The lowest BCUT2D eigenvalue weighted by Gasteiger charge is -2.12. The summed E-state index contributed by atoms with van der Waals surface area (Å²) in [7, 11) is 0. The van der Waals surface area contributed by atoms with Crippen LogP contribution in [0.4, 0.5) is 17.8 Å². The smallest absolute Gasteiger partial charge is 0.251 e. The first-order chi connectivity index (χ1) is 20.2. The van der Waals surface area contributed by atoms with E-state index in [1.807, 2.05) is 36.4 Å². The highest BCUT2D eigenvalue weighted by molar-refractivity contribution is 5.94. The van der Waals surface area contributed by atoms with Crippen LogP contribution in [0.15, 0.2) is 60.7 Å². The van der Waals surface area contributed by atoms with Crippen LogP contribution < -0.4 is 21.3 Å². The van der Waals surface area contributed by atoms with E-state index in [-0.39, 0.29) is 5.91 Å². The van der Waals surface area contributed by atoms with Crippen LogP contribution in [0.2, 0.25) is 0 Å². The summed E-state index contributed by atoms with van der Waals surface area (Å²) in [6.45, 7) is 6.50. The standard InChI is InChI=1S/C31H45N7O3/c1-2-3-4-5-6-13-18-33-29-36-30(38-31(37-29)35-25-26-14-9-7-10-15-26)34-20-22-41-24-23-40-21-19-32-28(39)27-16-11-8-12-17-27/h7-12,14-17H,2-6,13,18-25H2,1H3,(H,32,39)(H3,33,34,35,36,37,38). The third-order valence-electron chi connectivity index (χ3n) is 6.21. The van der Waals surface area contributed by atoms with E-state index in [9.17, 15) is 4.79 Å². The Bertz CT molecular complexity index is 1100. The number of carbonyl (C=O) groups is 1. The van der Waals surface area contributed by atoms with Crippen LogP contribution in [0.1, 0.15) is 61.4 Å². The van der Waals surface area contributed by atoms with Gasteiger partial charge in [-0.2, -0.15) is 15.0 Å². The molecular formula is C31H45N7O3. The lowest BCUT2D eigenvalue weighted by molar-refractivity contribution is 0.0519. The number of benzene rings is 2. The molecule has 0 radical (unpaired) electrons. The first kappa shape index (κ1) is 31.8. The predicted octanol–water partition coefficient (Wildman–Crippen LogP) is 5.13. The highest BCUT2D eigenvalue weighted by Gasteiger charge is 2.07. The Morgan fingerprint density at radius 3 is 1.88 bits per heavy atom. The van der Waals surface area contributed by atoms with Crippen LogP contribution in [0.25, 0.3) is 0 Å². The van der Waals surface area contributed by atoms with Crippen molar-refractivity contribution in [3.63, 3.8) is 0 Å². The fraction of sp³-hybridized carbons (Fsp3) is 0.484. The molecule has 0 unspecified atom stereocenters. The van der Waals surface area contributed by atoms with Crippen molar-refractivity contribution in [1.82, 2.24) is 20.3 Å². The number of carbonyl (C=O) groups excluding carboxylic acids is 1. The van der Waals surface area contributed by atoms with Crippen molar-refractivity contribution in [2.75, 3.05) is 62.0 Å². The number of nitrogens with one attached hydrogen (secondary N) is 4. The van der Waals surface area contributed by atoms with E-state index in [0.717, 1.165) is 18.5 Å². The minimum atomic E-state index is -0.103. The summed E-state index contributed by atoms with van der Waals surface area (Å²) in [6.07, 6.45) is 7.40. The van der Waals surface area contributed by atoms with Gasteiger partial charge in [0, 0.05) is 31.7 Å². The molecule has 0 aliphatic rings. The average molecular weight is 564 g/mol. The maximum Gasteiger partial charge on any atom is 0.251 e. The van der Waals surface area contributed by atoms with Crippen molar-refractivity contribution < 1.29 is 14.3 Å². The largest absolute Gasteiger partial charge is 0.377 e. The number of hydrogen-bond donors (Lipinski definition) is 4. The Hall–Kier alpha value is -3.76. The Kier molecular flexibility index (Phi) is 15.6. The average Bonchev–Trinajstić information content (AvgIpc) is 3.01. The number of anilines is 3. The number of ether oxygens (including phenoxy) is 2. The van der Waals surface area contributed by atoms with Gasteiger partial charge in [0.1, 0.15) is 0 Å². The molecule has 0 aliphatic carbocycles. The summed E-state index contributed by atoms with van der Waals surface area (Å²) < 4.78 is 11.2. The predicted molar refractivity (Wildman–Crippen MR) is 164 cm³/mol. The van der Waals surface area contributed by atoms with Crippen LogP contribution in [-0.4, -0.2) is 66.9 Å². The van der Waals surface area contributed by atoms with E-state index >= 15 is 0 Å². The van der Waals surface area contributed by atoms with E-state index in [1.165, 1.54) is 32.1 Å². The van der Waals surface area contributed by atoms with E-state index in [4.69, 9.17) is 9.47 Å². The quantitative estimate of drug-likeness (QED) is 0.123. The molecule has 1 aromatic heterocycles. The molecule has 1 heterocycles. The SMILES string of the molecule is CCCCCCCCNc1nc(NCCOCCOCCNC(=O)c2ccccc2)nc(NCc2ccccc2)n1. The molecule has 41 heavy (non-hydrogen) atoms. The first-order valence-corrected chi connectivity index (χ1v) is 14.7. The molecule has 2 aromatic carbocycles. The molecule has 3 rings (SSSR count). The fourth-order valence-electron chi connectivity index (χ4n) is 3.98. The second-order valence-corrected chi connectivity index (χ2v) is 9.61. The zero-order valence-electron chi connectivity index (χ0n) is 24.2. The Labute approximate surface area is 244 Å². The van der Waals surface area contributed by atoms with Crippen LogP contribution in [-0.2, 0) is 16.0 Å². The van der Waals surface area contributed by atoms with E-state index in [2.05, 4.69) is 55.3 Å². The Balaban J connectivity index is 1.33. The summed E-state index contributed by atoms with van der Waals surface area (Å²) in [5, 5.41) is 12.7. The van der Waals surface area contributed by atoms with E-state index in [0.29, 0.717) is 69.5 Å². The monoisotopic (exact) mass is 563 g/mol. The van der Waals surface area contributed by atoms with Crippen LogP contribution in [0.5, 0.6) is 0 Å². The summed E-state index contributed by atoms with van der Waals surface area (Å²) in [5.74, 6) is 1.47. The van der Waals surface area contributed by atoms with E-state index < -0.39 is 0 Å². The number of unbranched alkanes of at least 4 members (excludes halogenated alkanes) is 5. The Morgan fingerprint density at radius 1 is 0.634 bits per heavy atom. The van der Waals surface area contributed by atoms with Crippen molar-refractivity contribution in [2.24, 2.45) is 0 Å². The second kappa shape index (κ2) is 20.2. The van der Waals surface area contributed by atoms with Gasteiger partial charge in [-0.05, 0) is 24.1 Å². The molecule has 0 saturated heterocycles. The van der Waals surface area contributed by atoms with Crippen LogP contribution >= 0.6 is 0 Å². The molecule has 0 fully saturated rings. The lowest BCUT2D eigenvalue weighted by atomic mass is 10.1. The van der Waals surface area contributed by atoms with Gasteiger partial charge < -0.3 is 30.7 Å². The third-order valence-corrected chi connectivity index (χ3v) is 6.21.